The molecule has 0 unspecified atom stereocenters. The van der Waals surface area contributed by atoms with Gasteiger partial charge in [0.1, 0.15) is 11.5 Å². The van der Waals surface area contributed by atoms with Crippen LogP contribution in [0.5, 0.6) is 11.5 Å². The Bertz CT molecular complexity index is 667. The summed E-state index contributed by atoms with van der Waals surface area (Å²) in [5.41, 5.74) is 0.120. The average Bonchev–Trinajstić information content (AvgIpc) is 2.48. The van der Waals surface area contributed by atoms with Gasteiger partial charge in [-0.1, -0.05) is 0 Å². The van der Waals surface area contributed by atoms with Gasteiger partial charge in [-0.25, -0.2) is 14.4 Å². The normalized spacial score (nSPS) is 9.00. The Morgan fingerprint density at radius 1 is 0.667 bits per heavy atom. The molecule has 2 N–H and O–H groups in total. The second-order valence-electron chi connectivity index (χ2n) is 4.11. The number of aromatic carboxylic acids is 2. The molecule has 0 saturated heterocycles. The van der Waals surface area contributed by atoms with Gasteiger partial charge in [0.25, 0.3) is 0 Å². The van der Waals surface area contributed by atoms with Crippen LogP contribution in [0.25, 0.3) is 0 Å². The van der Waals surface area contributed by atoms with E-state index in [1.165, 1.54) is 48.5 Å². The minimum absolute atomic E-state index is 0. The summed E-state index contributed by atoms with van der Waals surface area (Å²) in [6.45, 7) is 0. The number of rotatable bonds is 4. The van der Waals surface area contributed by atoms with Crippen molar-refractivity contribution in [2.75, 3.05) is 0 Å². The number of hydrogen-bond donors (Lipinski definition) is 2. The number of carboxylic acids is 2. The molecule has 0 aliphatic rings. The summed E-state index contributed by atoms with van der Waals surface area (Å²) >= 11 is 0. The van der Waals surface area contributed by atoms with E-state index in [-0.39, 0.29) is 104 Å². The Morgan fingerprint density at radius 2 is 0.958 bits per heavy atom. The fraction of sp³-hybridized carbons (Fsp3) is 0. The van der Waals surface area contributed by atoms with Gasteiger partial charge in [-0.15, -0.1) is 0 Å². The minimum Gasteiger partial charge on any atom is -1.00 e. The second-order valence-corrected chi connectivity index (χ2v) is 4.11. The van der Waals surface area contributed by atoms with E-state index in [0.29, 0.717) is 0 Å². The molecule has 120 valence electrons. The van der Waals surface area contributed by atoms with Crippen molar-refractivity contribution >= 4 is 93.6 Å². The molecule has 0 saturated carbocycles. The van der Waals surface area contributed by atoms with Gasteiger partial charge in [-0.05, 0) is 48.5 Å². The van der Waals surface area contributed by atoms with Crippen LogP contribution < -0.4 is 9.47 Å². The summed E-state index contributed by atoms with van der Waals surface area (Å²) in [7, 11) is 0. The molecule has 0 atom stereocenters. The first-order chi connectivity index (χ1) is 10.5. The number of carboxylic acid groups (broad SMARTS) is 2. The van der Waals surface area contributed by atoms with E-state index in [1.807, 2.05) is 0 Å². The van der Waals surface area contributed by atoms with Crippen LogP contribution >= 0.6 is 0 Å². The quantitative estimate of drug-likeness (QED) is 0.471. The Kier molecular flexibility index (Phi) is 10.5. The molecule has 2 aromatic rings. The Hall–Kier alpha value is -0.831. The van der Waals surface area contributed by atoms with Crippen molar-refractivity contribution in [3.05, 3.63) is 59.7 Å². The predicted molar refractivity (Wildman–Crippen MR) is 89.4 cm³/mol. The van der Waals surface area contributed by atoms with Crippen LogP contribution in [0.2, 0.25) is 0 Å². The second kappa shape index (κ2) is 10.9. The molecule has 0 aromatic heterocycles. The SMILES string of the molecule is O=C(Oc1ccc(C(=O)O)cc1)Oc1ccc(C(=O)O)cc1.[Ca+2].[Ca+2].[H-].[H-].[H-].[H-]. The van der Waals surface area contributed by atoms with Crippen molar-refractivity contribution in [1.82, 2.24) is 0 Å². The fourth-order valence-corrected chi connectivity index (χ4v) is 1.54. The number of carbonyl (C=O) groups excluding carboxylic acids is 1. The van der Waals surface area contributed by atoms with E-state index in [1.54, 1.807) is 0 Å². The molecule has 9 heteroatoms. The summed E-state index contributed by atoms with van der Waals surface area (Å²) < 4.78 is 9.72. The third kappa shape index (κ3) is 6.96. The summed E-state index contributed by atoms with van der Waals surface area (Å²) in [5.74, 6) is -1.94. The summed E-state index contributed by atoms with van der Waals surface area (Å²) in [4.78, 5) is 32.9. The van der Waals surface area contributed by atoms with Crippen LogP contribution in [-0.4, -0.2) is 104 Å². The summed E-state index contributed by atoms with van der Waals surface area (Å²) in [6, 6.07) is 10.4. The summed E-state index contributed by atoms with van der Waals surface area (Å²) in [5, 5.41) is 17.5. The molecule has 0 spiro atoms. The van der Waals surface area contributed by atoms with Gasteiger partial charge in [-0.2, -0.15) is 0 Å². The smallest absolute Gasteiger partial charge is 1.00 e. The molecule has 0 amide bonds. The zero-order valence-electron chi connectivity index (χ0n) is 16.5. The molecule has 0 heterocycles. The topological polar surface area (TPSA) is 110 Å². The first kappa shape index (κ1) is 23.2. The van der Waals surface area contributed by atoms with Crippen LogP contribution in [0.15, 0.2) is 48.5 Å². The molecule has 0 aliphatic heterocycles. The van der Waals surface area contributed by atoms with E-state index in [9.17, 15) is 14.4 Å². The van der Waals surface area contributed by atoms with Gasteiger partial charge < -0.3 is 25.4 Å². The monoisotopic (exact) mass is 386 g/mol. The third-order valence-electron chi connectivity index (χ3n) is 2.60. The van der Waals surface area contributed by atoms with E-state index in [4.69, 9.17) is 19.7 Å². The van der Waals surface area contributed by atoms with Gasteiger partial charge in [0, 0.05) is 0 Å². The maximum absolute atomic E-state index is 11.5. The van der Waals surface area contributed by atoms with Crippen molar-refractivity contribution in [2.45, 2.75) is 0 Å². The van der Waals surface area contributed by atoms with Crippen LogP contribution in [0.3, 0.4) is 0 Å². The summed E-state index contributed by atoms with van der Waals surface area (Å²) in [6.07, 6.45) is -1.02. The van der Waals surface area contributed by atoms with Crippen LogP contribution in [-0.2, 0) is 0 Å². The first-order valence-electron chi connectivity index (χ1n) is 6.02. The average molecular weight is 386 g/mol. The van der Waals surface area contributed by atoms with Crippen LogP contribution in [0, 0.1) is 0 Å². The third-order valence-corrected chi connectivity index (χ3v) is 2.60. The first-order valence-corrected chi connectivity index (χ1v) is 6.02. The molecule has 2 aromatic carbocycles. The molecule has 0 radical (unpaired) electrons. The maximum atomic E-state index is 11.5. The standard InChI is InChI=1S/C15H10O7.2Ca.4H/c16-13(17)9-1-5-11(6-2-9)21-15(20)22-12-7-3-10(4-8-12)14(18)19;;;;;;/h1-8H,(H,16,17)(H,18,19);;;;;;/q;2*+2;4*-1. The van der Waals surface area contributed by atoms with E-state index < -0.39 is 18.1 Å². The molecule has 24 heavy (non-hydrogen) atoms. The van der Waals surface area contributed by atoms with Crippen molar-refractivity contribution in [1.29, 1.82) is 0 Å². The van der Waals surface area contributed by atoms with Gasteiger partial charge >= 0.3 is 93.6 Å². The maximum Gasteiger partial charge on any atom is 2.00 e. The number of hydrogen-bond acceptors (Lipinski definition) is 5. The Balaban J connectivity index is -0.000000294. The Morgan fingerprint density at radius 3 is 1.21 bits per heavy atom. The molecule has 7 nitrogen and oxygen atoms in total. The van der Waals surface area contributed by atoms with Crippen molar-refractivity contribution in [3.8, 4) is 11.5 Å². The number of carbonyl (C=O) groups is 3. The van der Waals surface area contributed by atoms with Crippen molar-refractivity contribution in [2.24, 2.45) is 0 Å². The van der Waals surface area contributed by atoms with E-state index >= 15 is 0 Å². The number of ether oxygens (including phenoxy) is 2. The molecule has 0 bridgehead atoms. The van der Waals surface area contributed by atoms with Gasteiger partial charge in [-0.3, -0.25) is 0 Å². The Labute approximate surface area is 202 Å². The van der Waals surface area contributed by atoms with E-state index in [0.717, 1.165) is 0 Å². The van der Waals surface area contributed by atoms with Crippen molar-refractivity contribution < 1.29 is 39.8 Å². The zero-order chi connectivity index (χ0) is 16.1. The van der Waals surface area contributed by atoms with E-state index in [2.05, 4.69) is 0 Å². The van der Waals surface area contributed by atoms with Crippen molar-refractivity contribution in [3.63, 3.8) is 0 Å². The number of benzene rings is 2. The van der Waals surface area contributed by atoms with Crippen LogP contribution in [0.4, 0.5) is 4.79 Å². The largest absolute Gasteiger partial charge is 2.00 e. The molecular formula is C15H14Ca2O7. The fourth-order valence-electron chi connectivity index (χ4n) is 1.54. The van der Waals surface area contributed by atoms with Crippen LogP contribution in [0.1, 0.15) is 26.4 Å². The zero-order valence-corrected chi connectivity index (χ0v) is 16.9. The predicted octanol–water partition coefficient (Wildman–Crippen LogP) is 2.35. The molecule has 0 aliphatic carbocycles. The van der Waals surface area contributed by atoms with Gasteiger partial charge in [0.15, 0.2) is 0 Å². The molecule has 2 rings (SSSR count). The minimum atomic E-state index is -1.09. The van der Waals surface area contributed by atoms with Gasteiger partial charge in [0.2, 0.25) is 0 Å². The molecular weight excluding hydrogens is 372 g/mol. The molecule has 0 fully saturated rings. The van der Waals surface area contributed by atoms with Gasteiger partial charge in [0.05, 0.1) is 11.1 Å².